The smallest absolute Gasteiger partial charge is 0.323 e. The number of carbonyl (C=O) groups excluding carboxylic acids is 2. The minimum Gasteiger partial charge on any atom is -0.480 e. The quantitative estimate of drug-likeness (QED) is 0.860. The van der Waals surface area contributed by atoms with Crippen LogP contribution >= 0.6 is 0 Å². The van der Waals surface area contributed by atoms with Crippen molar-refractivity contribution in [1.82, 2.24) is 4.90 Å². The normalized spacial score (nSPS) is 13.4. The van der Waals surface area contributed by atoms with Crippen LogP contribution < -0.4 is 5.32 Å². The number of aryl methyl sites for hydroxylation is 1. The third kappa shape index (κ3) is 2.76. The number of likely N-dealkylation sites (N-methyl/N-ethyl adjacent to an activating group) is 1. The summed E-state index contributed by atoms with van der Waals surface area (Å²) in [5.74, 6) is -2.86. The molecule has 0 atom stereocenters. The standard InChI is InChI=1S/C13H13FN2O4/c1-16(6-12(18)19)13(20)8-4-7-2-3-11(17)15-10(7)5-9(8)14/h4-5H,2-3,6H2,1H3,(H,15,17)(H,18,19). The van der Waals surface area contributed by atoms with Gasteiger partial charge in [0, 0.05) is 19.2 Å². The Morgan fingerprint density at radius 1 is 1.40 bits per heavy atom. The number of nitrogens with zero attached hydrogens (tertiary/aromatic N) is 1. The molecule has 106 valence electrons. The van der Waals surface area contributed by atoms with Crippen LogP contribution in [-0.4, -0.2) is 41.4 Å². The van der Waals surface area contributed by atoms with Crippen molar-refractivity contribution < 1.29 is 23.9 Å². The number of halogens is 1. The number of fused-ring (bicyclic) bond motifs is 1. The molecule has 0 unspecified atom stereocenters. The SMILES string of the molecule is CN(CC(=O)O)C(=O)c1cc2c(cc1F)NC(=O)CC2. The third-order valence-electron chi connectivity index (χ3n) is 3.04. The molecule has 0 bridgehead atoms. The van der Waals surface area contributed by atoms with Crippen LogP contribution in [0.1, 0.15) is 22.3 Å². The number of aliphatic carboxylic acids is 1. The summed E-state index contributed by atoms with van der Waals surface area (Å²) in [6.45, 7) is -0.508. The molecule has 1 aromatic rings. The maximum Gasteiger partial charge on any atom is 0.323 e. The van der Waals surface area contributed by atoms with E-state index in [9.17, 15) is 18.8 Å². The van der Waals surface area contributed by atoms with Crippen LogP contribution in [0.2, 0.25) is 0 Å². The molecule has 6 nitrogen and oxygen atoms in total. The lowest BCUT2D eigenvalue weighted by molar-refractivity contribution is -0.137. The van der Waals surface area contributed by atoms with Gasteiger partial charge in [-0.25, -0.2) is 4.39 Å². The molecule has 0 saturated carbocycles. The molecule has 20 heavy (non-hydrogen) atoms. The van der Waals surface area contributed by atoms with E-state index in [2.05, 4.69) is 5.32 Å². The first-order chi connectivity index (χ1) is 9.38. The van der Waals surface area contributed by atoms with Crippen molar-refractivity contribution in [2.45, 2.75) is 12.8 Å². The Kier molecular flexibility index (Phi) is 3.69. The first kappa shape index (κ1) is 14.0. The summed E-state index contributed by atoms with van der Waals surface area (Å²) in [6, 6.07) is 2.46. The number of benzene rings is 1. The Morgan fingerprint density at radius 3 is 2.75 bits per heavy atom. The Morgan fingerprint density at radius 2 is 2.10 bits per heavy atom. The fourth-order valence-electron chi connectivity index (χ4n) is 2.05. The Balaban J connectivity index is 2.31. The molecule has 0 aromatic heterocycles. The van der Waals surface area contributed by atoms with E-state index in [1.165, 1.54) is 13.1 Å². The minimum absolute atomic E-state index is 0.191. The lowest BCUT2D eigenvalue weighted by atomic mass is 9.99. The number of nitrogens with one attached hydrogen (secondary N) is 1. The number of carboxylic acid groups (broad SMARTS) is 1. The zero-order chi connectivity index (χ0) is 14.9. The van der Waals surface area contributed by atoms with E-state index in [0.29, 0.717) is 17.7 Å². The molecule has 0 fully saturated rings. The van der Waals surface area contributed by atoms with Crippen molar-refractivity contribution >= 4 is 23.5 Å². The van der Waals surface area contributed by atoms with Gasteiger partial charge in [-0.1, -0.05) is 0 Å². The summed E-state index contributed by atoms with van der Waals surface area (Å²) in [6.07, 6.45) is 0.696. The van der Waals surface area contributed by atoms with Gasteiger partial charge in [-0.15, -0.1) is 0 Å². The van der Waals surface area contributed by atoms with E-state index < -0.39 is 24.2 Å². The molecule has 0 radical (unpaired) electrons. The lowest BCUT2D eigenvalue weighted by Crippen LogP contribution is -2.32. The van der Waals surface area contributed by atoms with E-state index >= 15 is 0 Å². The fourth-order valence-corrected chi connectivity index (χ4v) is 2.05. The minimum atomic E-state index is -1.17. The van der Waals surface area contributed by atoms with E-state index in [1.54, 1.807) is 0 Å². The highest BCUT2D eigenvalue weighted by Crippen LogP contribution is 2.26. The van der Waals surface area contributed by atoms with Gasteiger partial charge in [-0.2, -0.15) is 0 Å². The molecule has 1 aliphatic heterocycles. The van der Waals surface area contributed by atoms with Crippen molar-refractivity contribution in [3.63, 3.8) is 0 Å². The zero-order valence-corrected chi connectivity index (χ0v) is 10.8. The summed E-state index contributed by atoms with van der Waals surface area (Å²) < 4.78 is 13.9. The Bertz CT molecular complexity index is 600. The Hall–Kier alpha value is -2.44. The van der Waals surface area contributed by atoms with Gasteiger partial charge in [-0.3, -0.25) is 14.4 Å². The van der Waals surface area contributed by atoms with Crippen molar-refractivity contribution in [3.8, 4) is 0 Å². The average Bonchev–Trinajstić information content (AvgIpc) is 2.36. The molecule has 2 amide bonds. The summed E-state index contributed by atoms with van der Waals surface area (Å²) >= 11 is 0. The first-order valence-electron chi connectivity index (χ1n) is 5.98. The highest BCUT2D eigenvalue weighted by atomic mass is 19.1. The van der Waals surface area contributed by atoms with E-state index in [-0.39, 0.29) is 17.9 Å². The van der Waals surface area contributed by atoms with Crippen LogP contribution in [-0.2, 0) is 16.0 Å². The molecule has 2 rings (SSSR count). The maximum absolute atomic E-state index is 13.9. The maximum atomic E-state index is 13.9. The summed E-state index contributed by atoms with van der Waals surface area (Å²) in [7, 11) is 1.29. The topological polar surface area (TPSA) is 86.7 Å². The zero-order valence-electron chi connectivity index (χ0n) is 10.8. The van der Waals surface area contributed by atoms with Crippen LogP contribution in [0, 0.1) is 5.82 Å². The van der Waals surface area contributed by atoms with Crippen LogP contribution in [0.5, 0.6) is 0 Å². The van der Waals surface area contributed by atoms with Gasteiger partial charge in [0.15, 0.2) is 0 Å². The van der Waals surface area contributed by atoms with Gasteiger partial charge >= 0.3 is 5.97 Å². The molecular weight excluding hydrogens is 267 g/mol. The molecule has 1 aromatic carbocycles. The number of carboxylic acids is 1. The average molecular weight is 280 g/mol. The number of amides is 2. The van der Waals surface area contributed by atoms with Gasteiger partial charge in [0.25, 0.3) is 5.91 Å². The van der Waals surface area contributed by atoms with Crippen LogP contribution in [0.15, 0.2) is 12.1 Å². The molecular formula is C13H13FN2O4. The van der Waals surface area contributed by atoms with Crippen molar-refractivity contribution in [3.05, 3.63) is 29.1 Å². The Labute approximate surface area is 114 Å². The van der Waals surface area contributed by atoms with Crippen LogP contribution in [0.25, 0.3) is 0 Å². The predicted octanol–water partition coefficient (Wildman–Crippen LogP) is 0.867. The van der Waals surface area contributed by atoms with E-state index in [0.717, 1.165) is 11.0 Å². The summed E-state index contributed by atoms with van der Waals surface area (Å²) in [5, 5.41) is 11.2. The number of carbonyl (C=O) groups is 3. The van der Waals surface area contributed by atoms with Crippen molar-refractivity contribution in [2.75, 3.05) is 18.9 Å². The van der Waals surface area contributed by atoms with Gasteiger partial charge in [-0.05, 0) is 24.1 Å². The number of hydrogen-bond acceptors (Lipinski definition) is 3. The van der Waals surface area contributed by atoms with Gasteiger partial charge in [0.1, 0.15) is 12.4 Å². The molecule has 0 spiro atoms. The number of anilines is 1. The number of hydrogen-bond donors (Lipinski definition) is 2. The second-order valence-corrected chi connectivity index (χ2v) is 4.59. The van der Waals surface area contributed by atoms with Crippen molar-refractivity contribution in [2.24, 2.45) is 0 Å². The second kappa shape index (κ2) is 5.28. The molecule has 0 saturated heterocycles. The highest BCUT2D eigenvalue weighted by Gasteiger charge is 2.23. The molecule has 1 heterocycles. The lowest BCUT2D eigenvalue weighted by Gasteiger charge is -2.20. The summed E-state index contributed by atoms with van der Waals surface area (Å²) in [4.78, 5) is 34.7. The predicted molar refractivity (Wildman–Crippen MR) is 67.9 cm³/mol. The van der Waals surface area contributed by atoms with Crippen LogP contribution in [0.4, 0.5) is 10.1 Å². The third-order valence-corrected chi connectivity index (χ3v) is 3.04. The van der Waals surface area contributed by atoms with Gasteiger partial charge in [0.05, 0.1) is 5.56 Å². The molecule has 2 N–H and O–H groups in total. The summed E-state index contributed by atoms with van der Waals surface area (Å²) in [5.41, 5.74) is 0.831. The largest absolute Gasteiger partial charge is 0.480 e. The fraction of sp³-hybridized carbons (Fsp3) is 0.308. The van der Waals surface area contributed by atoms with Gasteiger partial charge < -0.3 is 15.3 Å². The highest BCUT2D eigenvalue weighted by molar-refractivity contribution is 5.98. The first-order valence-corrected chi connectivity index (χ1v) is 5.98. The van der Waals surface area contributed by atoms with Gasteiger partial charge in [0.2, 0.25) is 5.91 Å². The molecule has 0 aliphatic carbocycles. The molecule has 1 aliphatic rings. The van der Waals surface area contributed by atoms with Crippen LogP contribution in [0.3, 0.4) is 0 Å². The monoisotopic (exact) mass is 280 g/mol. The van der Waals surface area contributed by atoms with E-state index in [4.69, 9.17) is 5.11 Å². The second-order valence-electron chi connectivity index (χ2n) is 4.59. The number of rotatable bonds is 3. The molecule has 7 heteroatoms. The van der Waals surface area contributed by atoms with E-state index in [1.807, 2.05) is 0 Å². The van der Waals surface area contributed by atoms with Crippen molar-refractivity contribution in [1.29, 1.82) is 0 Å².